The molecular formula is C46H93N2O6P. The molecule has 0 aromatic rings. The number of phosphoric ester groups is 1. The molecule has 0 saturated heterocycles. The Morgan fingerprint density at radius 1 is 0.618 bits per heavy atom. The summed E-state index contributed by atoms with van der Waals surface area (Å²) in [5.41, 5.74) is 0. The van der Waals surface area contributed by atoms with Gasteiger partial charge in [-0.15, -0.1) is 0 Å². The number of nitrogens with one attached hydrogen (secondary N) is 1. The van der Waals surface area contributed by atoms with Crippen molar-refractivity contribution in [2.24, 2.45) is 0 Å². The van der Waals surface area contributed by atoms with E-state index >= 15 is 0 Å². The van der Waals surface area contributed by atoms with Crippen LogP contribution in [-0.2, 0) is 18.4 Å². The maximum Gasteiger partial charge on any atom is 0.268 e. The van der Waals surface area contributed by atoms with Crippen LogP contribution in [0.25, 0.3) is 0 Å². The number of hydrogen-bond acceptors (Lipinski definition) is 6. The van der Waals surface area contributed by atoms with Gasteiger partial charge in [0, 0.05) is 6.42 Å². The first kappa shape index (κ1) is 54.2. The number of hydrogen-bond donors (Lipinski definition) is 2. The molecule has 0 heterocycles. The Balaban J connectivity index is 4.32. The molecular weight excluding hydrogens is 707 g/mol. The summed E-state index contributed by atoms with van der Waals surface area (Å²) in [6, 6.07) is -0.800. The van der Waals surface area contributed by atoms with Crippen LogP contribution in [-0.4, -0.2) is 68.5 Å². The van der Waals surface area contributed by atoms with Crippen molar-refractivity contribution in [1.82, 2.24) is 5.32 Å². The predicted molar refractivity (Wildman–Crippen MR) is 233 cm³/mol. The molecule has 0 aliphatic heterocycles. The second-order valence-electron chi connectivity index (χ2n) is 17.5. The van der Waals surface area contributed by atoms with E-state index in [0.29, 0.717) is 23.9 Å². The zero-order valence-corrected chi connectivity index (χ0v) is 38.0. The van der Waals surface area contributed by atoms with Crippen LogP contribution in [0.1, 0.15) is 226 Å². The van der Waals surface area contributed by atoms with E-state index in [2.05, 4.69) is 31.3 Å². The minimum atomic E-state index is -4.56. The van der Waals surface area contributed by atoms with Gasteiger partial charge in [-0.1, -0.05) is 193 Å². The van der Waals surface area contributed by atoms with E-state index in [1.807, 2.05) is 21.1 Å². The van der Waals surface area contributed by atoms with Crippen molar-refractivity contribution in [3.05, 3.63) is 12.2 Å². The van der Waals surface area contributed by atoms with Gasteiger partial charge in [-0.3, -0.25) is 9.36 Å². The Morgan fingerprint density at radius 2 is 1.00 bits per heavy atom. The molecule has 0 fully saturated rings. The van der Waals surface area contributed by atoms with Crippen LogP contribution in [0.2, 0.25) is 0 Å². The summed E-state index contributed by atoms with van der Waals surface area (Å²) in [5, 5.41) is 13.9. The molecule has 9 heteroatoms. The van der Waals surface area contributed by atoms with Gasteiger partial charge in [0.05, 0.1) is 39.9 Å². The number of allylic oxidation sites excluding steroid dienone is 2. The predicted octanol–water partition coefficient (Wildman–Crippen LogP) is 12.5. The number of carbonyl (C=O) groups is 1. The van der Waals surface area contributed by atoms with Gasteiger partial charge in [0.2, 0.25) is 5.91 Å². The highest BCUT2D eigenvalue weighted by Gasteiger charge is 2.24. The van der Waals surface area contributed by atoms with Crippen molar-refractivity contribution in [2.75, 3.05) is 40.9 Å². The second-order valence-corrected chi connectivity index (χ2v) is 18.9. The van der Waals surface area contributed by atoms with Crippen LogP contribution in [0, 0.1) is 0 Å². The van der Waals surface area contributed by atoms with Crippen molar-refractivity contribution >= 4 is 13.7 Å². The van der Waals surface area contributed by atoms with E-state index in [4.69, 9.17) is 9.05 Å². The van der Waals surface area contributed by atoms with E-state index < -0.39 is 20.0 Å². The number of quaternary nitrogens is 1. The molecule has 0 aromatic heterocycles. The fourth-order valence-corrected chi connectivity index (χ4v) is 7.70. The number of aliphatic hydroxyl groups is 1. The lowest BCUT2D eigenvalue weighted by Gasteiger charge is -2.30. The summed E-state index contributed by atoms with van der Waals surface area (Å²) in [6.07, 6.45) is 43.5. The smallest absolute Gasteiger partial charge is 0.268 e. The fourth-order valence-electron chi connectivity index (χ4n) is 6.98. The third-order valence-electron chi connectivity index (χ3n) is 10.8. The summed E-state index contributed by atoms with van der Waals surface area (Å²) < 4.78 is 23.3. The Labute approximate surface area is 342 Å². The molecule has 0 bridgehead atoms. The number of aliphatic hydroxyl groups excluding tert-OH is 1. The number of rotatable bonds is 43. The van der Waals surface area contributed by atoms with Gasteiger partial charge < -0.3 is 28.8 Å². The van der Waals surface area contributed by atoms with Crippen LogP contribution in [0.3, 0.4) is 0 Å². The number of likely N-dealkylation sites (N-methyl/N-ethyl adjacent to an activating group) is 1. The van der Waals surface area contributed by atoms with E-state index in [9.17, 15) is 19.4 Å². The highest BCUT2D eigenvalue weighted by atomic mass is 31.2. The molecule has 328 valence electrons. The standard InChI is InChI=1S/C46H93N2O6P/c1-6-8-10-12-14-16-18-20-22-23-24-26-28-30-32-34-36-38-40-46(50)47-44(43-54-55(51,52)53-42-41-48(3,4)5)45(49)39-37-35-33-31-29-27-25-21-19-17-15-13-11-9-7-2/h24,26,44-45,49H,6-23,25,27-43H2,1-5H3,(H-,47,50,51,52)/b26-24-. The zero-order valence-electron chi connectivity index (χ0n) is 37.1. The van der Waals surface area contributed by atoms with Gasteiger partial charge >= 0.3 is 0 Å². The van der Waals surface area contributed by atoms with Gasteiger partial charge in [-0.2, -0.15) is 0 Å². The minimum Gasteiger partial charge on any atom is -0.756 e. The molecule has 0 saturated carbocycles. The van der Waals surface area contributed by atoms with E-state index in [1.54, 1.807) is 0 Å². The van der Waals surface area contributed by atoms with Crippen LogP contribution in [0.4, 0.5) is 0 Å². The van der Waals surface area contributed by atoms with Crippen LogP contribution in [0.5, 0.6) is 0 Å². The van der Waals surface area contributed by atoms with Crippen molar-refractivity contribution in [2.45, 2.75) is 238 Å². The number of phosphoric acid groups is 1. The topological polar surface area (TPSA) is 108 Å². The third-order valence-corrected chi connectivity index (χ3v) is 11.7. The van der Waals surface area contributed by atoms with Gasteiger partial charge in [-0.05, 0) is 38.5 Å². The number of nitrogens with zero attached hydrogens (tertiary/aromatic N) is 1. The Hall–Kier alpha value is -0.760. The van der Waals surface area contributed by atoms with Crippen molar-refractivity contribution in [3.63, 3.8) is 0 Å². The Kier molecular flexibility index (Phi) is 38.2. The van der Waals surface area contributed by atoms with Gasteiger partial charge in [0.1, 0.15) is 13.2 Å². The molecule has 0 aliphatic rings. The van der Waals surface area contributed by atoms with E-state index in [-0.39, 0.29) is 19.1 Å². The van der Waals surface area contributed by atoms with Crippen molar-refractivity contribution < 1.29 is 32.9 Å². The number of carbonyl (C=O) groups excluding carboxylic acids is 1. The number of amides is 1. The monoisotopic (exact) mass is 801 g/mol. The lowest BCUT2D eigenvalue weighted by molar-refractivity contribution is -0.870. The largest absolute Gasteiger partial charge is 0.756 e. The molecule has 55 heavy (non-hydrogen) atoms. The minimum absolute atomic E-state index is 0.0125. The van der Waals surface area contributed by atoms with Crippen molar-refractivity contribution in [1.29, 1.82) is 0 Å². The molecule has 1 amide bonds. The highest BCUT2D eigenvalue weighted by Crippen LogP contribution is 2.38. The summed E-state index contributed by atoms with van der Waals surface area (Å²) in [7, 11) is 1.31. The molecule has 0 rings (SSSR count). The maximum atomic E-state index is 12.9. The molecule has 3 unspecified atom stereocenters. The first-order valence-corrected chi connectivity index (χ1v) is 25.0. The normalized spacial score (nSPS) is 14.4. The SMILES string of the molecule is CCCCCCCCCCC/C=C\CCCCCCCC(=O)NC(COP(=O)([O-])OCC[N+](C)(C)C)C(O)CCCCCCCCCCCCCCCCC. The average Bonchev–Trinajstić information content (AvgIpc) is 3.13. The quantitative estimate of drug-likeness (QED) is 0.0275. The first-order valence-electron chi connectivity index (χ1n) is 23.5. The van der Waals surface area contributed by atoms with Gasteiger partial charge in [0.15, 0.2) is 0 Å². The third kappa shape index (κ3) is 41.2. The molecule has 0 radical (unpaired) electrons. The Bertz CT molecular complexity index is 911. The van der Waals surface area contributed by atoms with E-state index in [1.165, 1.54) is 148 Å². The fraction of sp³-hybridized carbons (Fsp3) is 0.935. The molecule has 8 nitrogen and oxygen atoms in total. The first-order chi connectivity index (χ1) is 26.5. The molecule has 3 atom stereocenters. The lowest BCUT2D eigenvalue weighted by Crippen LogP contribution is -2.46. The summed E-state index contributed by atoms with van der Waals surface area (Å²) in [6.45, 7) is 4.73. The summed E-state index contributed by atoms with van der Waals surface area (Å²) >= 11 is 0. The molecule has 0 spiro atoms. The van der Waals surface area contributed by atoms with Crippen molar-refractivity contribution in [3.8, 4) is 0 Å². The van der Waals surface area contributed by atoms with Crippen LogP contribution in [0.15, 0.2) is 12.2 Å². The zero-order chi connectivity index (χ0) is 40.7. The summed E-state index contributed by atoms with van der Waals surface area (Å²) in [5.74, 6) is -0.171. The Morgan fingerprint density at radius 3 is 1.42 bits per heavy atom. The average molecular weight is 801 g/mol. The van der Waals surface area contributed by atoms with Crippen LogP contribution >= 0.6 is 7.82 Å². The molecule has 2 N–H and O–H groups in total. The number of unbranched alkanes of at least 4 members (excludes halogenated alkanes) is 28. The lowest BCUT2D eigenvalue weighted by atomic mass is 10.0. The van der Waals surface area contributed by atoms with Gasteiger partial charge in [-0.25, -0.2) is 0 Å². The van der Waals surface area contributed by atoms with Gasteiger partial charge in [0.25, 0.3) is 7.82 Å². The highest BCUT2D eigenvalue weighted by molar-refractivity contribution is 7.45. The second kappa shape index (κ2) is 38.7. The molecule has 0 aromatic carbocycles. The molecule has 0 aliphatic carbocycles. The maximum absolute atomic E-state index is 12.9. The summed E-state index contributed by atoms with van der Waals surface area (Å²) in [4.78, 5) is 25.4. The van der Waals surface area contributed by atoms with Crippen LogP contribution < -0.4 is 10.2 Å². The van der Waals surface area contributed by atoms with E-state index in [0.717, 1.165) is 51.4 Å².